The van der Waals surface area contributed by atoms with E-state index in [1.807, 2.05) is 0 Å². The number of aliphatic hydroxyl groups is 1. The van der Waals surface area contributed by atoms with Gasteiger partial charge < -0.3 is 10.0 Å². The van der Waals surface area contributed by atoms with Crippen LogP contribution in [0.4, 0.5) is 0 Å². The molecule has 100 valence electrons. The lowest BCUT2D eigenvalue weighted by Gasteiger charge is -2.31. The average Bonchev–Trinajstić information content (AvgIpc) is 2.77. The van der Waals surface area contributed by atoms with Gasteiger partial charge in [0.05, 0.1) is 6.54 Å². The molecule has 18 heavy (non-hydrogen) atoms. The van der Waals surface area contributed by atoms with Crippen molar-refractivity contribution in [3.63, 3.8) is 0 Å². The summed E-state index contributed by atoms with van der Waals surface area (Å²) in [6, 6.07) is 0. The molecule has 0 radical (unpaired) electrons. The summed E-state index contributed by atoms with van der Waals surface area (Å²) in [5, 5.41) is 9.30. The number of hydrogen-bond donors (Lipinski definition) is 1. The Kier molecular flexibility index (Phi) is 5.88. The Morgan fingerprint density at radius 3 is 2.39 bits per heavy atom. The second-order valence-electron chi connectivity index (χ2n) is 3.98. The average molecular weight is 285 g/mol. The van der Waals surface area contributed by atoms with Crippen LogP contribution in [0.15, 0.2) is 37.6 Å². The van der Waals surface area contributed by atoms with Crippen LogP contribution in [0.3, 0.4) is 0 Å². The van der Waals surface area contributed by atoms with Crippen molar-refractivity contribution in [2.24, 2.45) is 0 Å². The van der Waals surface area contributed by atoms with Gasteiger partial charge in [-0.3, -0.25) is 4.79 Å². The van der Waals surface area contributed by atoms with Crippen molar-refractivity contribution in [3.05, 3.63) is 37.6 Å². The maximum absolute atomic E-state index is 12.6. The van der Waals surface area contributed by atoms with Crippen LogP contribution >= 0.6 is 23.5 Å². The molecular formula is C13H19NO2S2. The molecule has 1 fully saturated rings. The van der Waals surface area contributed by atoms with Gasteiger partial charge in [0.2, 0.25) is 5.91 Å². The largest absolute Gasteiger partial charge is 0.511 e. The first-order valence-corrected chi connectivity index (χ1v) is 7.68. The second kappa shape index (κ2) is 6.95. The van der Waals surface area contributed by atoms with Crippen LogP contribution in [-0.4, -0.2) is 44.6 Å². The van der Waals surface area contributed by atoms with Crippen LogP contribution in [0.1, 0.15) is 6.42 Å². The molecule has 0 aromatic carbocycles. The van der Waals surface area contributed by atoms with E-state index in [4.69, 9.17) is 0 Å². The monoisotopic (exact) mass is 285 g/mol. The SMILES string of the molecule is C=CCN(CC(=C)O)C(=O)C1(CC=C)SCCS1. The van der Waals surface area contributed by atoms with Crippen molar-refractivity contribution in [1.29, 1.82) is 0 Å². The van der Waals surface area contributed by atoms with E-state index in [0.29, 0.717) is 13.0 Å². The molecule has 0 spiro atoms. The number of hydrogen-bond acceptors (Lipinski definition) is 4. The van der Waals surface area contributed by atoms with Crippen LogP contribution in [0.5, 0.6) is 0 Å². The van der Waals surface area contributed by atoms with E-state index >= 15 is 0 Å². The molecule has 1 rings (SSSR count). The molecule has 3 nitrogen and oxygen atoms in total. The lowest BCUT2D eigenvalue weighted by Crippen LogP contribution is -2.44. The van der Waals surface area contributed by atoms with Crippen molar-refractivity contribution in [2.75, 3.05) is 24.6 Å². The van der Waals surface area contributed by atoms with Crippen molar-refractivity contribution < 1.29 is 9.90 Å². The smallest absolute Gasteiger partial charge is 0.250 e. The van der Waals surface area contributed by atoms with Crippen LogP contribution in [0.2, 0.25) is 0 Å². The van der Waals surface area contributed by atoms with E-state index in [0.717, 1.165) is 11.5 Å². The van der Waals surface area contributed by atoms with E-state index < -0.39 is 4.08 Å². The Balaban J connectivity index is 2.87. The van der Waals surface area contributed by atoms with Crippen molar-refractivity contribution in [3.8, 4) is 0 Å². The van der Waals surface area contributed by atoms with Gasteiger partial charge in [0.25, 0.3) is 0 Å². The van der Waals surface area contributed by atoms with Crippen LogP contribution in [0, 0.1) is 0 Å². The van der Waals surface area contributed by atoms with Crippen LogP contribution in [0.25, 0.3) is 0 Å². The summed E-state index contributed by atoms with van der Waals surface area (Å²) in [5.41, 5.74) is 0. The minimum absolute atomic E-state index is 0.00745. The fourth-order valence-corrected chi connectivity index (χ4v) is 4.95. The summed E-state index contributed by atoms with van der Waals surface area (Å²) < 4.78 is -0.486. The molecule has 0 aromatic rings. The number of thioether (sulfide) groups is 2. The molecule has 0 saturated carbocycles. The Labute approximate surface area is 117 Å². The quantitative estimate of drug-likeness (QED) is 0.577. The number of allylic oxidation sites excluding steroid dienone is 1. The molecule has 1 aliphatic rings. The van der Waals surface area contributed by atoms with Crippen molar-refractivity contribution >= 4 is 29.4 Å². The Bertz CT molecular complexity index is 349. The van der Waals surface area contributed by atoms with Gasteiger partial charge in [-0.25, -0.2) is 0 Å². The molecular weight excluding hydrogens is 266 g/mol. The molecule has 1 saturated heterocycles. The Hall–Kier alpha value is -0.810. The van der Waals surface area contributed by atoms with Gasteiger partial charge >= 0.3 is 0 Å². The van der Waals surface area contributed by atoms with Gasteiger partial charge in [0, 0.05) is 18.1 Å². The summed E-state index contributed by atoms with van der Waals surface area (Å²) in [4.78, 5) is 14.2. The number of rotatable bonds is 7. The predicted octanol–water partition coefficient (Wildman–Crippen LogP) is 2.83. The molecule has 0 atom stereocenters. The maximum atomic E-state index is 12.6. The maximum Gasteiger partial charge on any atom is 0.250 e. The summed E-state index contributed by atoms with van der Waals surface area (Å²) >= 11 is 3.32. The zero-order valence-electron chi connectivity index (χ0n) is 10.4. The van der Waals surface area contributed by atoms with Crippen LogP contribution < -0.4 is 0 Å². The highest BCUT2D eigenvalue weighted by Gasteiger charge is 2.44. The number of carbonyl (C=O) groups is 1. The number of nitrogens with zero attached hydrogens (tertiary/aromatic N) is 1. The van der Waals surface area contributed by atoms with Crippen LogP contribution in [-0.2, 0) is 4.79 Å². The molecule has 1 N–H and O–H groups in total. The third-order valence-electron chi connectivity index (χ3n) is 2.50. The first kappa shape index (κ1) is 15.2. The fraction of sp³-hybridized carbons (Fsp3) is 0.462. The summed E-state index contributed by atoms with van der Waals surface area (Å²) in [6.07, 6.45) is 4.07. The fourth-order valence-electron chi connectivity index (χ4n) is 1.81. The van der Waals surface area contributed by atoms with Gasteiger partial charge in [-0.15, -0.1) is 36.7 Å². The molecule has 0 bridgehead atoms. The van der Waals surface area contributed by atoms with Gasteiger partial charge in [0.15, 0.2) is 0 Å². The van der Waals surface area contributed by atoms with E-state index in [1.165, 1.54) is 0 Å². The Morgan fingerprint density at radius 2 is 1.94 bits per heavy atom. The van der Waals surface area contributed by atoms with E-state index in [2.05, 4.69) is 19.7 Å². The number of amides is 1. The summed E-state index contributed by atoms with van der Waals surface area (Å²) in [6.45, 7) is 11.4. The van der Waals surface area contributed by atoms with Crippen molar-refractivity contribution in [1.82, 2.24) is 4.90 Å². The number of carbonyl (C=O) groups excluding carboxylic acids is 1. The third kappa shape index (κ3) is 3.59. The second-order valence-corrected chi connectivity index (χ2v) is 7.03. The summed E-state index contributed by atoms with van der Waals surface area (Å²) in [7, 11) is 0. The van der Waals surface area contributed by atoms with Gasteiger partial charge in [-0.1, -0.05) is 18.7 Å². The van der Waals surface area contributed by atoms with Gasteiger partial charge in [-0.05, 0) is 6.42 Å². The normalized spacial score (nSPS) is 17.1. The molecule has 0 aromatic heterocycles. The van der Waals surface area contributed by atoms with Gasteiger partial charge in [0.1, 0.15) is 9.84 Å². The lowest BCUT2D eigenvalue weighted by molar-refractivity contribution is -0.130. The van der Waals surface area contributed by atoms with Crippen molar-refractivity contribution in [2.45, 2.75) is 10.5 Å². The predicted molar refractivity (Wildman–Crippen MR) is 81.0 cm³/mol. The lowest BCUT2D eigenvalue weighted by atomic mass is 10.2. The first-order valence-electron chi connectivity index (χ1n) is 5.71. The zero-order chi connectivity index (χ0) is 13.6. The minimum atomic E-state index is -0.486. The topological polar surface area (TPSA) is 40.5 Å². The van der Waals surface area contributed by atoms with E-state index in [9.17, 15) is 9.90 Å². The van der Waals surface area contributed by atoms with E-state index in [-0.39, 0.29) is 18.2 Å². The highest BCUT2D eigenvalue weighted by atomic mass is 32.2. The standard InChI is InChI=1S/C13H19NO2S2/c1-4-6-13(17-8-9-18-13)12(16)14(7-5-2)10-11(3)15/h4-5,15H,1-3,6-10H2. The van der Waals surface area contributed by atoms with E-state index in [1.54, 1.807) is 40.6 Å². The molecule has 0 unspecified atom stereocenters. The molecule has 0 aliphatic carbocycles. The number of aliphatic hydroxyl groups excluding tert-OH is 1. The Morgan fingerprint density at radius 1 is 1.33 bits per heavy atom. The highest BCUT2D eigenvalue weighted by Crippen LogP contribution is 2.47. The zero-order valence-corrected chi connectivity index (χ0v) is 12.1. The van der Waals surface area contributed by atoms with Gasteiger partial charge in [-0.2, -0.15) is 0 Å². The molecule has 1 heterocycles. The highest BCUT2D eigenvalue weighted by molar-refractivity contribution is 8.22. The molecule has 1 amide bonds. The first-order chi connectivity index (χ1) is 8.55. The summed E-state index contributed by atoms with van der Waals surface area (Å²) in [5.74, 6) is 1.94. The molecule has 5 heteroatoms. The third-order valence-corrected chi connectivity index (χ3v) is 5.90. The minimum Gasteiger partial charge on any atom is -0.511 e. The molecule has 1 aliphatic heterocycles.